The number of hydrogen-bond donors (Lipinski definition) is 1. The molecule has 1 saturated heterocycles. The van der Waals surface area contributed by atoms with Gasteiger partial charge in [-0.05, 0) is 48.2 Å². The molecule has 1 aromatic heterocycles. The summed E-state index contributed by atoms with van der Waals surface area (Å²) in [6.45, 7) is 1.01. The molecule has 1 aliphatic rings. The third kappa shape index (κ3) is 3.53. The van der Waals surface area contributed by atoms with Crippen molar-refractivity contribution in [3.05, 3.63) is 84.7 Å². The maximum atomic E-state index is 13.1. The second kappa shape index (κ2) is 7.70. The van der Waals surface area contributed by atoms with Crippen molar-refractivity contribution in [1.29, 1.82) is 0 Å². The van der Waals surface area contributed by atoms with Gasteiger partial charge in [0.15, 0.2) is 0 Å². The molecule has 5 nitrogen and oxygen atoms in total. The van der Waals surface area contributed by atoms with Gasteiger partial charge in [-0.15, -0.1) is 0 Å². The lowest BCUT2D eigenvalue weighted by Crippen LogP contribution is -2.38. The van der Waals surface area contributed by atoms with Crippen molar-refractivity contribution >= 4 is 21.1 Å². The van der Waals surface area contributed by atoms with Crippen LogP contribution in [0.2, 0.25) is 0 Å². The topological polar surface area (TPSA) is 66.1 Å². The van der Waals surface area contributed by atoms with E-state index < -0.39 is 10.0 Å². The zero-order chi connectivity index (χ0) is 20.6. The molecular weight excluding hydrogens is 394 g/mol. The van der Waals surface area contributed by atoms with Crippen LogP contribution in [0.25, 0.3) is 22.2 Å². The lowest BCUT2D eigenvalue weighted by Gasteiger charge is -2.30. The predicted molar refractivity (Wildman–Crippen MR) is 119 cm³/mol. The van der Waals surface area contributed by atoms with E-state index >= 15 is 0 Å². The molecule has 4 aromatic rings. The average Bonchev–Trinajstić information content (AvgIpc) is 3.24. The number of nitrogens with one attached hydrogen (secondary N) is 1. The molecule has 0 atom stereocenters. The summed E-state index contributed by atoms with van der Waals surface area (Å²) >= 11 is 0. The molecule has 0 saturated carbocycles. The van der Waals surface area contributed by atoms with E-state index in [9.17, 15) is 8.42 Å². The number of aromatic amines is 1. The fraction of sp³-hybridized carbons (Fsp3) is 0.208. The molecule has 3 aromatic carbocycles. The number of nitrogens with zero attached hydrogens (tertiary/aromatic N) is 2. The number of para-hydroxylation sites is 2. The Labute approximate surface area is 176 Å². The molecule has 0 bridgehead atoms. The van der Waals surface area contributed by atoms with Gasteiger partial charge in [-0.1, -0.05) is 54.6 Å². The number of sulfonamides is 1. The highest BCUT2D eigenvalue weighted by atomic mass is 32.2. The van der Waals surface area contributed by atoms with Gasteiger partial charge in [-0.2, -0.15) is 4.31 Å². The molecule has 0 spiro atoms. The first-order valence-electron chi connectivity index (χ1n) is 10.2. The number of imidazole rings is 1. The molecule has 5 rings (SSSR count). The van der Waals surface area contributed by atoms with Gasteiger partial charge < -0.3 is 4.98 Å². The molecule has 1 fully saturated rings. The summed E-state index contributed by atoms with van der Waals surface area (Å²) < 4.78 is 27.8. The minimum atomic E-state index is -3.49. The van der Waals surface area contributed by atoms with Crippen LogP contribution in [0, 0.1) is 0 Å². The van der Waals surface area contributed by atoms with Gasteiger partial charge in [0.2, 0.25) is 10.0 Å². The Hall–Kier alpha value is -2.96. The first kappa shape index (κ1) is 19.0. The van der Waals surface area contributed by atoms with E-state index in [2.05, 4.69) is 4.98 Å². The first-order valence-corrected chi connectivity index (χ1v) is 11.7. The SMILES string of the molecule is O=S(=O)(c1ccc(-c2ccccc2)cc1)N1CCC(c2nc3ccccc3[nH]2)CC1. The van der Waals surface area contributed by atoms with E-state index in [4.69, 9.17) is 4.98 Å². The summed E-state index contributed by atoms with van der Waals surface area (Å²) in [4.78, 5) is 8.44. The minimum absolute atomic E-state index is 0.254. The first-order chi connectivity index (χ1) is 14.6. The van der Waals surface area contributed by atoms with Gasteiger partial charge in [0.25, 0.3) is 0 Å². The summed E-state index contributed by atoms with van der Waals surface area (Å²) in [7, 11) is -3.49. The number of piperidine rings is 1. The van der Waals surface area contributed by atoms with Crippen LogP contribution in [0.4, 0.5) is 0 Å². The zero-order valence-electron chi connectivity index (χ0n) is 16.5. The molecule has 1 aliphatic heterocycles. The molecule has 0 unspecified atom stereocenters. The van der Waals surface area contributed by atoms with Crippen LogP contribution in [0.1, 0.15) is 24.6 Å². The van der Waals surface area contributed by atoms with Gasteiger partial charge in [0.1, 0.15) is 5.82 Å². The standard InChI is InChI=1S/C24H23N3O2S/c28-30(29,21-12-10-19(11-13-21)18-6-2-1-3-7-18)27-16-14-20(15-17-27)24-25-22-8-4-5-9-23(22)26-24/h1-13,20H,14-17H2,(H,25,26). The molecular formula is C24H23N3O2S. The smallest absolute Gasteiger partial charge is 0.243 e. The molecule has 152 valence electrons. The minimum Gasteiger partial charge on any atom is -0.342 e. The molecule has 6 heteroatoms. The van der Waals surface area contributed by atoms with Gasteiger partial charge in [0, 0.05) is 19.0 Å². The molecule has 2 heterocycles. The monoisotopic (exact) mass is 417 g/mol. The number of benzene rings is 3. The van der Waals surface area contributed by atoms with Crippen molar-refractivity contribution < 1.29 is 8.42 Å². The van der Waals surface area contributed by atoms with Crippen molar-refractivity contribution in [3.63, 3.8) is 0 Å². The second-order valence-electron chi connectivity index (χ2n) is 7.71. The van der Waals surface area contributed by atoms with Crippen molar-refractivity contribution in [2.24, 2.45) is 0 Å². The fourth-order valence-corrected chi connectivity index (χ4v) is 5.60. The summed E-state index contributed by atoms with van der Waals surface area (Å²) in [5.41, 5.74) is 4.08. The number of hydrogen-bond acceptors (Lipinski definition) is 3. The highest BCUT2D eigenvalue weighted by Gasteiger charge is 2.31. The lowest BCUT2D eigenvalue weighted by atomic mass is 9.97. The number of fused-ring (bicyclic) bond motifs is 1. The second-order valence-corrected chi connectivity index (χ2v) is 9.65. The summed E-state index contributed by atoms with van der Waals surface area (Å²) in [5.74, 6) is 1.21. The highest BCUT2D eigenvalue weighted by molar-refractivity contribution is 7.89. The maximum Gasteiger partial charge on any atom is 0.243 e. The lowest BCUT2D eigenvalue weighted by molar-refractivity contribution is 0.314. The Balaban J connectivity index is 1.30. The van der Waals surface area contributed by atoms with Crippen molar-refractivity contribution in [3.8, 4) is 11.1 Å². The van der Waals surface area contributed by atoms with Crippen LogP contribution in [-0.4, -0.2) is 35.8 Å². The molecule has 30 heavy (non-hydrogen) atoms. The number of H-pyrrole nitrogens is 1. The largest absolute Gasteiger partial charge is 0.342 e. The van der Waals surface area contributed by atoms with Crippen LogP contribution in [-0.2, 0) is 10.0 Å². The van der Waals surface area contributed by atoms with Crippen molar-refractivity contribution in [2.45, 2.75) is 23.7 Å². The molecule has 0 radical (unpaired) electrons. The normalized spacial score (nSPS) is 16.1. The Morgan fingerprint density at radius 1 is 0.800 bits per heavy atom. The van der Waals surface area contributed by atoms with Crippen LogP contribution in [0.15, 0.2) is 83.8 Å². The number of rotatable bonds is 4. The third-order valence-electron chi connectivity index (χ3n) is 5.85. The van der Waals surface area contributed by atoms with Crippen molar-refractivity contribution in [1.82, 2.24) is 14.3 Å². The predicted octanol–water partition coefficient (Wildman–Crippen LogP) is 4.80. The van der Waals surface area contributed by atoms with Gasteiger partial charge in [-0.3, -0.25) is 0 Å². The molecule has 0 aliphatic carbocycles. The van der Waals surface area contributed by atoms with Crippen LogP contribution in [0.5, 0.6) is 0 Å². The van der Waals surface area contributed by atoms with Gasteiger partial charge in [0.05, 0.1) is 15.9 Å². The average molecular weight is 418 g/mol. The zero-order valence-corrected chi connectivity index (χ0v) is 17.3. The Kier molecular flexibility index (Phi) is 4.89. The fourth-order valence-electron chi connectivity index (χ4n) is 4.13. The van der Waals surface area contributed by atoms with E-state index in [-0.39, 0.29) is 5.92 Å². The summed E-state index contributed by atoms with van der Waals surface area (Å²) in [6, 6.07) is 25.1. The molecule has 1 N–H and O–H groups in total. The Bertz CT molecular complexity index is 1220. The van der Waals surface area contributed by atoms with E-state index in [1.54, 1.807) is 16.4 Å². The Morgan fingerprint density at radius 3 is 2.13 bits per heavy atom. The Morgan fingerprint density at radius 2 is 1.43 bits per heavy atom. The van der Waals surface area contributed by atoms with Crippen molar-refractivity contribution in [2.75, 3.05) is 13.1 Å². The summed E-state index contributed by atoms with van der Waals surface area (Å²) in [6.07, 6.45) is 1.53. The van der Waals surface area contributed by atoms with E-state index in [0.29, 0.717) is 18.0 Å². The third-order valence-corrected chi connectivity index (χ3v) is 7.76. The van der Waals surface area contributed by atoms with Crippen LogP contribution in [0.3, 0.4) is 0 Å². The van der Waals surface area contributed by atoms with Gasteiger partial charge in [-0.25, -0.2) is 13.4 Å². The van der Waals surface area contributed by atoms with E-state index in [0.717, 1.165) is 40.8 Å². The highest BCUT2D eigenvalue weighted by Crippen LogP contribution is 2.31. The maximum absolute atomic E-state index is 13.1. The van der Waals surface area contributed by atoms with Crippen LogP contribution < -0.4 is 0 Å². The van der Waals surface area contributed by atoms with Crippen LogP contribution >= 0.6 is 0 Å². The quantitative estimate of drug-likeness (QED) is 0.519. The number of aromatic nitrogens is 2. The summed E-state index contributed by atoms with van der Waals surface area (Å²) in [5, 5.41) is 0. The molecule has 0 amide bonds. The van der Waals surface area contributed by atoms with Gasteiger partial charge >= 0.3 is 0 Å². The van der Waals surface area contributed by atoms with E-state index in [1.807, 2.05) is 66.7 Å². The van der Waals surface area contributed by atoms with E-state index in [1.165, 1.54) is 0 Å².